The lowest BCUT2D eigenvalue weighted by molar-refractivity contribution is 0.661. The number of anilines is 3. The lowest BCUT2D eigenvalue weighted by atomic mass is 9.81. The summed E-state index contributed by atoms with van der Waals surface area (Å²) in [7, 11) is 0. The van der Waals surface area contributed by atoms with Crippen molar-refractivity contribution in [1.82, 2.24) is 0 Å². The number of benzene rings is 8. The number of fused-ring (bicyclic) bond motifs is 5. The van der Waals surface area contributed by atoms with Gasteiger partial charge < -0.3 is 4.90 Å². The summed E-state index contributed by atoms with van der Waals surface area (Å²) in [5.41, 5.74) is 19.4. The van der Waals surface area contributed by atoms with Crippen molar-refractivity contribution in [3.8, 4) is 44.5 Å². The predicted octanol–water partition coefficient (Wildman–Crippen LogP) is 14.5. The molecule has 0 bridgehead atoms. The van der Waals surface area contributed by atoms with E-state index < -0.39 is 0 Å². The van der Waals surface area contributed by atoms with Gasteiger partial charge in [0, 0.05) is 22.5 Å². The van der Waals surface area contributed by atoms with Gasteiger partial charge in [-0.05, 0) is 152 Å². The van der Waals surface area contributed by atoms with E-state index in [0.29, 0.717) is 0 Å². The fourth-order valence-electron chi connectivity index (χ4n) is 9.13. The average molecular weight is 694 g/mol. The van der Waals surface area contributed by atoms with Gasteiger partial charge in [-0.1, -0.05) is 141 Å². The molecule has 0 aliphatic heterocycles. The number of aryl methyl sites for hydroxylation is 1. The van der Waals surface area contributed by atoms with Gasteiger partial charge >= 0.3 is 0 Å². The summed E-state index contributed by atoms with van der Waals surface area (Å²) in [6.07, 6.45) is 4.93. The van der Waals surface area contributed by atoms with Gasteiger partial charge in [-0.3, -0.25) is 0 Å². The van der Waals surface area contributed by atoms with E-state index in [9.17, 15) is 0 Å². The second-order valence-corrected chi connectivity index (χ2v) is 15.6. The Morgan fingerprint density at radius 3 is 1.61 bits per heavy atom. The summed E-state index contributed by atoms with van der Waals surface area (Å²) in [4.78, 5) is 2.43. The van der Waals surface area contributed by atoms with Gasteiger partial charge in [0.15, 0.2) is 0 Å². The lowest BCUT2D eigenvalue weighted by Gasteiger charge is -2.28. The molecule has 0 radical (unpaired) electrons. The first-order valence-electron chi connectivity index (χ1n) is 19.5. The highest BCUT2D eigenvalue weighted by atomic mass is 15.1. The highest BCUT2D eigenvalue weighted by Crippen LogP contribution is 2.52. The molecule has 0 N–H and O–H groups in total. The van der Waals surface area contributed by atoms with Crippen molar-refractivity contribution in [3.05, 3.63) is 198 Å². The Labute approximate surface area is 319 Å². The predicted molar refractivity (Wildman–Crippen MR) is 229 cm³/mol. The molecule has 0 fully saturated rings. The molecule has 0 aromatic heterocycles. The summed E-state index contributed by atoms with van der Waals surface area (Å²) in [6.45, 7) is 4.77. The van der Waals surface area contributed by atoms with Gasteiger partial charge in [0.25, 0.3) is 0 Å². The van der Waals surface area contributed by atoms with E-state index in [2.05, 4.69) is 195 Å². The Hall–Kier alpha value is -6.18. The van der Waals surface area contributed by atoms with Crippen LogP contribution in [-0.4, -0.2) is 0 Å². The SMILES string of the molecule is CC1(C)c2cc(N(c3ccc(-c4ccc(-c5ccccc5)cc4)cc3)c3ccc(-c4cccc5c4CCCC5)cc3)ccc2-c2cc3ccccc3cc21. The Morgan fingerprint density at radius 2 is 0.926 bits per heavy atom. The fraction of sp³-hybridized carbons (Fsp3) is 0.132. The van der Waals surface area contributed by atoms with Crippen LogP contribution in [0.25, 0.3) is 55.3 Å². The molecule has 10 rings (SSSR count). The maximum Gasteiger partial charge on any atom is 0.0465 e. The van der Waals surface area contributed by atoms with Crippen LogP contribution in [0.2, 0.25) is 0 Å². The first kappa shape index (κ1) is 32.5. The molecule has 0 unspecified atom stereocenters. The molecule has 8 aromatic carbocycles. The minimum atomic E-state index is -0.123. The van der Waals surface area contributed by atoms with Crippen molar-refractivity contribution in [2.45, 2.75) is 44.9 Å². The van der Waals surface area contributed by atoms with Crippen molar-refractivity contribution >= 4 is 27.8 Å². The molecular formula is C53H43N. The van der Waals surface area contributed by atoms with Gasteiger partial charge in [-0.2, -0.15) is 0 Å². The Balaban J connectivity index is 1.05. The summed E-state index contributed by atoms with van der Waals surface area (Å²) < 4.78 is 0. The van der Waals surface area contributed by atoms with Crippen molar-refractivity contribution in [2.75, 3.05) is 4.90 Å². The van der Waals surface area contributed by atoms with Crippen LogP contribution in [0.4, 0.5) is 17.1 Å². The quantitative estimate of drug-likeness (QED) is 0.168. The standard InChI is InChI=1S/C53H43N/c1-53(2)51-34-43-15-7-6-14-42(43)33-50(51)49-32-31-46(35-52(49)53)54(45-29-25-41(26-30-45)48-18-10-16-40-13-8-9-17-47(40)48)44-27-23-39(24-28-44)38-21-19-37(20-22-38)36-11-4-3-5-12-36/h3-7,10-12,14-16,18-35H,8-9,13,17H2,1-2H3. The van der Waals surface area contributed by atoms with Crippen LogP contribution in [-0.2, 0) is 18.3 Å². The van der Waals surface area contributed by atoms with Crippen LogP contribution in [0.5, 0.6) is 0 Å². The molecule has 0 saturated heterocycles. The van der Waals surface area contributed by atoms with E-state index in [1.54, 1.807) is 0 Å². The minimum absolute atomic E-state index is 0.123. The van der Waals surface area contributed by atoms with Gasteiger partial charge in [-0.15, -0.1) is 0 Å². The largest absolute Gasteiger partial charge is 0.310 e. The molecule has 1 heteroatoms. The maximum atomic E-state index is 2.44. The van der Waals surface area contributed by atoms with Crippen LogP contribution in [0.15, 0.2) is 176 Å². The van der Waals surface area contributed by atoms with Crippen LogP contribution in [0.3, 0.4) is 0 Å². The molecule has 2 aliphatic rings. The monoisotopic (exact) mass is 693 g/mol. The molecule has 0 amide bonds. The van der Waals surface area contributed by atoms with Crippen molar-refractivity contribution in [2.24, 2.45) is 0 Å². The second kappa shape index (κ2) is 13.0. The number of nitrogens with zero attached hydrogens (tertiary/aromatic N) is 1. The van der Waals surface area contributed by atoms with E-state index >= 15 is 0 Å². The number of rotatable bonds is 6. The molecule has 2 aliphatic carbocycles. The van der Waals surface area contributed by atoms with Gasteiger partial charge in [0.05, 0.1) is 0 Å². The third-order valence-electron chi connectivity index (χ3n) is 12.1. The zero-order chi connectivity index (χ0) is 36.2. The zero-order valence-electron chi connectivity index (χ0n) is 31.0. The van der Waals surface area contributed by atoms with Crippen LogP contribution in [0.1, 0.15) is 48.9 Å². The number of hydrogen-bond donors (Lipinski definition) is 0. The summed E-state index contributed by atoms with van der Waals surface area (Å²) in [5.74, 6) is 0. The van der Waals surface area contributed by atoms with Crippen LogP contribution in [0, 0.1) is 0 Å². The van der Waals surface area contributed by atoms with Gasteiger partial charge in [0.1, 0.15) is 0 Å². The van der Waals surface area contributed by atoms with Crippen molar-refractivity contribution in [1.29, 1.82) is 0 Å². The molecule has 0 spiro atoms. The summed E-state index contributed by atoms with van der Waals surface area (Å²) in [5, 5.41) is 2.59. The third-order valence-corrected chi connectivity index (χ3v) is 12.1. The topological polar surface area (TPSA) is 3.24 Å². The molecule has 0 atom stereocenters. The Morgan fingerprint density at radius 1 is 0.389 bits per heavy atom. The highest BCUT2D eigenvalue weighted by molar-refractivity contribution is 5.94. The highest BCUT2D eigenvalue weighted by Gasteiger charge is 2.36. The molecule has 0 heterocycles. The first-order valence-corrected chi connectivity index (χ1v) is 19.5. The van der Waals surface area contributed by atoms with E-state index in [-0.39, 0.29) is 5.41 Å². The van der Waals surface area contributed by atoms with Crippen molar-refractivity contribution in [3.63, 3.8) is 0 Å². The molecule has 54 heavy (non-hydrogen) atoms. The lowest BCUT2D eigenvalue weighted by Crippen LogP contribution is -2.16. The Bertz CT molecular complexity index is 2650. The molecule has 0 saturated carbocycles. The van der Waals surface area contributed by atoms with E-state index in [0.717, 1.165) is 11.4 Å². The van der Waals surface area contributed by atoms with Crippen LogP contribution < -0.4 is 4.90 Å². The summed E-state index contributed by atoms with van der Waals surface area (Å²) in [6, 6.07) is 65.4. The molecule has 8 aromatic rings. The zero-order valence-corrected chi connectivity index (χ0v) is 31.0. The fourth-order valence-corrected chi connectivity index (χ4v) is 9.13. The average Bonchev–Trinajstić information content (AvgIpc) is 3.45. The second-order valence-electron chi connectivity index (χ2n) is 15.6. The number of hydrogen-bond acceptors (Lipinski definition) is 1. The van der Waals surface area contributed by atoms with E-state index in [1.165, 1.54) is 109 Å². The first-order chi connectivity index (χ1) is 26.5. The van der Waals surface area contributed by atoms with E-state index in [1.807, 2.05) is 0 Å². The maximum absolute atomic E-state index is 2.44. The van der Waals surface area contributed by atoms with E-state index in [4.69, 9.17) is 0 Å². The smallest absolute Gasteiger partial charge is 0.0465 e. The molecule has 260 valence electrons. The Kier molecular flexibility index (Phi) is 7.84. The molecule has 1 nitrogen and oxygen atoms in total. The van der Waals surface area contributed by atoms with Gasteiger partial charge in [0.2, 0.25) is 0 Å². The third kappa shape index (κ3) is 5.55. The van der Waals surface area contributed by atoms with Gasteiger partial charge in [-0.25, -0.2) is 0 Å². The summed E-state index contributed by atoms with van der Waals surface area (Å²) >= 11 is 0. The minimum Gasteiger partial charge on any atom is -0.310 e. The normalized spacial score (nSPS) is 14.0. The van der Waals surface area contributed by atoms with Crippen LogP contribution >= 0.6 is 0 Å². The molecular weight excluding hydrogens is 651 g/mol. The van der Waals surface area contributed by atoms with Crippen molar-refractivity contribution < 1.29 is 0 Å².